The number of esters is 1. The van der Waals surface area contributed by atoms with Crippen LogP contribution in [0.4, 0.5) is 0 Å². The molecule has 1 unspecified atom stereocenters. The topological polar surface area (TPSA) is 26.3 Å². The van der Waals surface area contributed by atoms with Gasteiger partial charge in [0.2, 0.25) is 0 Å². The lowest BCUT2D eigenvalue weighted by molar-refractivity contribution is -0.149. The molecule has 0 radical (unpaired) electrons. The maximum Gasteiger partial charge on any atom is 0.306 e. The maximum atomic E-state index is 11.9. The molecule has 22 heavy (non-hydrogen) atoms. The second kappa shape index (κ2) is 16.3. The fourth-order valence-electron chi connectivity index (χ4n) is 2.54. The third kappa shape index (κ3) is 13.9. The van der Waals surface area contributed by atoms with Gasteiger partial charge in [0.1, 0.15) is 6.10 Å². The molecule has 0 bridgehead atoms. The lowest BCUT2D eigenvalue weighted by Crippen LogP contribution is -2.17. The molecule has 2 nitrogen and oxygen atoms in total. The van der Waals surface area contributed by atoms with Gasteiger partial charge in [0.25, 0.3) is 0 Å². The Morgan fingerprint density at radius 1 is 0.955 bits per heavy atom. The minimum absolute atomic E-state index is 0.0324. The van der Waals surface area contributed by atoms with Gasteiger partial charge in [-0.25, -0.2) is 0 Å². The number of rotatable bonds is 16. The van der Waals surface area contributed by atoms with E-state index < -0.39 is 0 Å². The highest BCUT2D eigenvalue weighted by molar-refractivity contribution is 5.69. The van der Waals surface area contributed by atoms with Crippen LogP contribution in [-0.2, 0) is 9.53 Å². The highest BCUT2D eigenvalue weighted by atomic mass is 16.5. The Bertz CT molecular complexity index is 283. The van der Waals surface area contributed by atoms with Crippen LogP contribution in [0.1, 0.15) is 90.4 Å². The zero-order chi connectivity index (χ0) is 16.5. The van der Waals surface area contributed by atoms with E-state index in [1.165, 1.54) is 38.5 Å². The van der Waals surface area contributed by atoms with Gasteiger partial charge in [-0.05, 0) is 32.1 Å². The van der Waals surface area contributed by atoms with Gasteiger partial charge in [-0.3, -0.25) is 4.79 Å². The molecule has 128 valence electrons. The number of carbonyl (C=O) groups excluding carboxylic acids is 1. The molecule has 2 heteroatoms. The normalized spacial score (nSPS) is 11.9. The Labute approximate surface area is 138 Å². The Kier molecular flexibility index (Phi) is 15.5. The molecule has 0 heterocycles. The van der Waals surface area contributed by atoms with Crippen molar-refractivity contribution in [2.24, 2.45) is 0 Å². The van der Waals surface area contributed by atoms with Crippen LogP contribution in [0, 0.1) is 0 Å². The second-order valence-corrected chi connectivity index (χ2v) is 6.08. The third-order valence-corrected chi connectivity index (χ3v) is 3.90. The smallest absolute Gasteiger partial charge is 0.306 e. The van der Waals surface area contributed by atoms with Gasteiger partial charge in [-0.2, -0.15) is 0 Å². The van der Waals surface area contributed by atoms with E-state index in [0.717, 1.165) is 38.5 Å². The lowest BCUT2D eigenvalue weighted by Gasteiger charge is -2.16. The van der Waals surface area contributed by atoms with Crippen LogP contribution in [0.5, 0.6) is 0 Å². The predicted octanol–water partition coefficient (Wildman–Crippen LogP) is 6.36. The van der Waals surface area contributed by atoms with Gasteiger partial charge in [0, 0.05) is 12.8 Å². The fraction of sp³-hybridized carbons (Fsp3) is 0.750. The second-order valence-electron chi connectivity index (χ2n) is 6.08. The summed E-state index contributed by atoms with van der Waals surface area (Å²) in [5.74, 6) is -0.0324. The van der Waals surface area contributed by atoms with Crippen molar-refractivity contribution in [2.45, 2.75) is 96.5 Å². The quantitative estimate of drug-likeness (QED) is 0.188. The molecular formula is C20H36O2. The first-order valence-corrected chi connectivity index (χ1v) is 9.15. The highest BCUT2D eigenvalue weighted by Crippen LogP contribution is 2.14. The van der Waals surface area contributed by atoms with Gasteiger partial charge in [-0.15, -0.1) is 13.2 Å². The molecule has 1 atom stereocenters. The summed E-state index contributed by atoms with van der Waals surface area (Å²) in [7, 11) is 0. The molecule has 0 spiro atoms. The summed E-state index contributed by atoms with van der Waals surface area (Å²) in [5, 5.41) is 0. The first kappa shape index (κ1) is 20.9. The summed E-state index contributed by atoms with van der Waals surface area (Å²) in [6, 6.07) is 0. The van der Waals surface area contributed by atoms with Gasteiger partial charge in [-0.1, -0.05) is 57.6 Å². The first-order chi connectivity index (χ1) is 10.7. The lowest BCUT2D eigenvalue weighted by atomic mass is 10.1. The van der Waals surface area contributed by atoms with E-state index in [9.17, 15) is 4.79 Å². The molecule has 0 amide bonds. The van der Waals surface area contributed by atoms with Crippen molar-refractivity contribution in [3.63, 3.8) is 0 Å². The van der Waals surface area contributed by atoms with Crippen molar-refractivity contribution >= 4 is 5.97 Å². The fourth-order valence-corrected chi connectivity index (χ4v) is 2.54. The van der Waals surface area contributed by atoms with Crippen molar-refractivity contribution in [1.29, 1.82) is 0 Å². The number of hydrogen-bond acceptors (Lipinski definition) is 2. The molecule has 0 aromatic carbocycles. The van der Waals surface area contributed by atoms with Crippen LogP contribution >= 0.6 is 0 Å². The van der Waals surface area contributed by atoms with Crippen LogP contribution in [0.2, 0.25) is 0 Å². The zero-order valence-corrected chi connectivity index (χ0v) is 14.7. The molecule has 0 saturated heterocycles. The monoisotopic (exact) mass is 308 g/mol. The standard InChI is InChI=1S/C20H36O2/c1-4-7-9-10-11-12-13-15-18-20(21)22-19(16-6-3)17-14-8-5-2/h4,6,19H,1,3,5,7-18H2,2H3. The van der Waals surface area contributed by atoms with Crippen LogP contribution in [0.15, 0.2) is 25.3 Å². The number of carbonyl (C=O) groups is 1. The summed E-state index contributed by atoms with van der Waals surface area (Å²) in [6.07, 6.45) is 17.9. The van der Waals surface area contributed by atoms with Crippen LogP contribution in [0.3, 0.4) is 0 Å². The molecule has 0 aliphatic heterocycles. The van der Waals surface area contributed by atoms with E-state index in [1.54, 1.807) is 0 Å². The van der Waals surface area contributed by atoms with Crippen LogP contribution in [0.25, 0.3) is 0 Å². The van der Waals surface area contributed by atoms with Crippen molar-refractivity contribution in [3.05, 3.63) is 25.3 Å². The number of unbranched alkanes of at least 4 members (excludes halogenated alkanes) is 8. The summed E-state index contributed by atoms with van der Waals surface area (Å²) < 4.78 is 5.58. The molecule has 0 aromatic rings. The Hall–Kier alpha value is -1.05. The van der Waals surface area contributed by atoms with Gasteiger partial charge in [0.05, 0.1) is 0 Å². The van der Waals surface area contributed by atoms with E-state index in [-0.39, 0.29) is 12.1 Å². The molecule has 0 aliphatic rings. The van der Waals surface area contributed by atoms with Crippen molar-refractivity contribution in [2.75, 3.05) is 0 Å². The third-order valence-electron chi connectivity index (χ3n) is 3.90. The van der Waals surface area contributed by atoms with Crippen molar-refractivity contribution in [3.8, 4) is 0 Å². The van der Waals surface area contributed by atoms with E-state index in [4.69, 9.17) is 4.74 Å². The molecular weight excluding hydrogens is 272 g/mol. The number of allylic oxidation sites excluding steroid dienone is 1. The SMILES string of the molecule is C=CCCCCCCCCC(=O)OC(CC=C)CCCCC. The average molecular weight is 309 g/mol. The van der Waals surface area contributed by atoms with E-state index in [1.807, 2.05) is 12.2 Å². The molecule has 0 saturated carbocycles. The van der Waals surface area contributed by atoms with E-state index in [2.05, 4.69) is 20.1 Å². The first-order valence-electron chi connectivity index (χ1n) is 9.15. The average Bonchev–Trinajstić information content (AvgIpc) is 2.50. The minimum atomic E-state index is -0.0324. The maximum absolute atomic E-state index is 11.9. The van der Waals surface area contributed by atoms with E-state index >= 15 is 0 Å². The molecule has 0 N–H and O–H groups in total. The van der Waals surface area contributed by atoms with Gasteiger partial charge < -0.3 is 4.74 Å². The Morgan fingerprint density at radius 2 is 1.64 bits per heavy atom. The minimum Gasteiger partial charge on any atom is -0.462 e. The van der Waals surface area contributed by atoms with E-state index in [0.29, 0.717) is 6.42 Å². The number of ether oxygens (including phenoxy) is 1. The Morgan fingerprint density at radius 3 is 2.27 bits per heavy atom. The summed E-state index contributed by atoms with van der Waals surface area (Å²) in [4.78, 5) is 11.9. The predicted molar refractivity (Wildman–Crippen MR) is 96.0 cm³/mol. The molecule has 0 rings (SSSR count). The highest BCUT2D eigenvalue weighted by Gasteiger charge is 2.12. The Balaban J connectivity index is 3.62. The molecule has 0 aromatic heterocycles. The van der Waals surface area contributed by atoms with Crippen molar-refractivity contribution in [1.82, 2.24) is 0 Å². The summed E-state index contributed by atoms with van der Waals surface area (Å²) in [5.41, 5.74) is 0. The molecule has 0 fully saturated rings. The van der Waals surface area contributed by atoms with Gasteiger partial charge >= 0.3 is 5.97 Å². The van der Waals surface area contributed by atoms with Crippen molar-refractivity contribution < 1.29 is 9.53 Å². The van der Waals surface area contributed by atoms with Gasteiger partial charge in [0.15, 0.2) is 0 Å². The zero-order valence-electron chi connectivity index (χ0n) is 14.7. The molecule has 0 aliphatic carbocycles. The van der Waals surface area contributed by atoms with Crippen LogP contribution in [-0.4, -0.2) is 12.1 Å². The summed E-state index contributed by atoms with van der Waals surface area (Å²) >= 11 is 0. The van der Waals surface area contributed by atoms with Crippen LogP contribution < -0.4 is 0 Å². The summed E-state index contributed by atoms with van der Waals surface area (Å²) in [6.45, 7) is 9.67. The number of hydrogen-bond donors (Lipinski definition) is 0. The largest absolute Gasteiger partial charge is 0.462 e.